The van der Waals surface area contributed by atoms with E-state index < -0.39 is 0 Å². The Hall–Kier alpha value is -2.15. The van der Waals surface area contributed by atoms with Crippen LogP contribution in [0.5, 0.6) is 0 Å². The lowest BCUT2D eigenvalue weighted by Gasteiger charge is -2.09. The normalized spacial score (nSPS) is 11.3. The fraction of sp³-hybridized carbons (Fsp3) is 0.118. The summed E-state index contributed by atoms with van der Waals surface area (Å²) < 4.78 is 0. The summed E-state index contributed by atoms with van der Waals surface area (Å²) in [4.78, 5) is 11.2. The number of rotatable bonds is 3. The monoisotopic (exact) mass is 236 g/mol. The Labute approximate surface area is 108 Å². The van der Waals surface area contributed by atoms with Gasteiger partial charge in [0.25, 0.3) is 0 Å². The van der Waals surface area contributed by atoms with Gasteiger partial charge in [-0.05, 0) is 42.2 Å². The van der Waals surface area contributed by atoms with Crippen molar-refractivity contribution < 1.29 is 4.79 Å². The maximum atomic E-state index is 11.2. The molecule has 0 unspecified atom stereocenters. The number of carbonyl (C=O) groups excluding carboxylic acids is 1. The first-order chi connectivity index (χ1) is 8.68. The van der Waals surface area contributed by atoms with Crippen LogP contribution in [0.3, 0.4) is 0 Å². The van der Waals surface area contributed by atoms with Crippen LogP contribution in [0.1, 0.15) is 19.4 Å². The molecule has 0 aliphatic heterocycles. The minimum Gasteiger partial charge on any atom is -0.295 e. The molecule has 1 heteroatoms. The van der Waals surface area contributed by atoms with Crippen molar-refractivity contribution in [1.82, 2.24) is 0 Å². The van der Waals surface area contributed by atoms with Crippen LogP contribution in [0.4, 0.5) is 0 Å². The number of hydrogen-bond donors (Lipinski definition) is 0. The second-order valence-corrected chi connectivity index (χ2v) is 4.35. The van der Waals surface area contributed by atoms with E-state index in [0.29, 0.717) is 0 Å². The first-order valence-electron chi connectivity index (χ1n) is 6.02. The molecule has 0 atom stereocenters. The topological polar surface area (TPSA) is 17.1 Å². The fourth-order valence-electron chi connectivity index (χ4n) is 2.08. The van der Waals surface area contributed by atoms with Crippen molar-refractivity contribution in [3.63, 3.8) is 0 Å². The summed E-state index contributed by atoms with van der Waals surface area (Å²) in [6, 6.07) is 18.4. The summed E-state index contributed by atoms with van der Waals surface area (Å²) in [5.74, 6) is 0.0790. The van der Waals surface area contributed by atoms with Crippen LogP contribution in [0, 0.1) is 0 Å². The smallest absolute Gasteiger partial charge is 0.152 e. The van der Waals surface area contributed by atoms with E-state index in [1.54, 1.807) is 13.0 Å². The number of hydrogen-bond acceptors (Lipinski definition) is 1. The molecule has 2 aromatic carbocycles. The second-order valence-electron chi connectivity index (χ2n) is 4.35. The van der Waals surface area contributed by atoms with E-state index in [4.69, 9.17) is 0 Å². The predicted octanol–water partition coefficient (Wildman–Crippen LogP) is 4.35. The van der Waals surface area contributed by atoms with Gasteiger partial charge >= 0.3 is 0 Å². The highest BCUT2D eigenvalue weighted by Gasteiger charge is 2.05. The van der Waals surface area contributed by atoms with Gasteiger partial charge in [0.2, 0.25) is 0 Å². The summed E-state index contributed by atoms with van der Waals surface area (Å²) in [6.45, 7) is 3.55. The van der Waals surface area contributed by atoms with Gasteiger partial charge in [0.05, 0.1) is 0 Å². The van der Waals surface area contributed by atoms with E-state index in [2.05, 4.69) is 24.3 Å². The van der Waals surface area contributed by atoms with Gasteiger partial charge in [-0.15, -0.1) is 0 Å². The Kier molecular flexibility index (Phi) is 3.73. The van der Waals surface area contributed by atoms with E-state index in [-0.39, 0.29) is 5.78 Å². The molecule has 0 amide bonds. The van der Waals surface area contributed by atoms with E-state index in [0.717, 1.165) is 16.7 Å². The zero-order valence-electron chi connectivity index (χ0n) is 10.7. The molecule has 0 aliphatic rings. The minimum atomic E-state index is 0.0790. The van der Waals surface area contributed by atoms with Crippen LogP contribution in [0.2, 0.25) is 0 Å². The molecule has 0 saturated heterocycles. The summed E-state index contributed by atoms with van der Waals surface area (Å²) in [5.41, 5.74) is 4.44. The summed E-state index contributed by atoms with van der Waals surface area (Å²) in [6.07, 6.45) is 1.68. The molecule has 2 rings (SSSR count). The van der Waals surface area contributed by atoms with Gasteiger partial charge in [-0.25, -0.2) is 0 Å². The lowest BCUT2D eigenvalue weighted by molar-refractivity contribution is -0.112. The van der Waals surface area contributed by atoms with Gasteiger partial charge in [-0.2, -0.15) is 0 Å². The van der Waals surface area contributed by atoms with Gasteiger partial charge in [-0.3, -0.25) is 4.79 Å². The second kappa shape index (κ2) is 5.46. The lowest BCUT2D eigenvalue weighted by Crippen LogP contribution is -1.90. The van der Waals surface area contributed by atoms with Gasteiger partial charge in [0.15, 0.2) is 5.78 Å². The SMILES string of the molecule is CC(=O)C=C(C)c1ccccc1-c1ccccc1. The molecule has 1 nitrogen and oxygen atoms in total. The number of benzene rings is 2. The van der Waals surface area contributed by atoms with Crippen LogP contribution < -0.4 is 0 Å². The fourth-order valence-corrected chi connectivity index (χ4v) is 2.08. The average molecular weight is 236 g/mol. The van der Waals surface area contributed by atoms with Crippen LogP contribution in [-0.4, -0.2) is 5.78 Å². The third-order valence-electron chi connectivity index (χ3n) is 2.86. The quantitative estimate of drug-likeness (QED) is 0.724. The molecule has 0 bridgehead atoms. The molecule has 0 fully saturated rings. The molecule has 0 aliphatic carbocycles. The summed E-state index contributed by atoms with van der Waals surface area (Å²) >= 11 is 0. The van der Waals surface area contributed by atoms with Crippen molar-refractivity contribution in [3.8, 4) is 11.1 Å². The van der Waals surface area contributed by atoms with Crippen molar-refractivity contribution >= 4 is 11.4 Å². The number of allylic oxidation sites excluding steroid dienone is 2. The third-order valence-corrected chi connectivity index (χ3v) is 2.86. The first kappa shape index (κ1) is 12.3. The standard InChI is InChI=1S/C17H16O/c1-13(12-14(2)18)16-10-6-7-11-17(16)15-8-4-3-5-9-15/h3-12H,1-2H3. The van der Waals surface area contributed by atoms with E-state index in [1.165, 1.54) is 5.56 Å². The summed E-state index contributed by atoms with van der Waals surface area (Å²) in [7, 11) is 0. The average Bonchev–Trinajstić information content (AvgIpc) is 2.39. The lowest BCUT2D eigenvalue weighted by atomic mass is 9.95. The molecule has 2 aromatic rings. The third kappa shape index (κ3) is 2.75. The highest BCUT2D eigenvalue weighted by atomic mass is 16.1. The highest BCUT2D eigenvalue weighted by Crippen LogP contribution is 2.28. The van der Waals surface area contributed by atoms with Crippen molar-refractivity contribution in [2.45, 2.75) is 13.8 Å². The van der Waals surface area contributed by atoms with Gasteiger partial charge < -0.3 is 0 Å². The molecular weight excluding hydrogens is 220 g/mol. The van der Waals surface area contributed by atoms with Crippen molar-refractivity contribution in [2.75, 3.05) is 0 Å². The van der Waals surface area contributed by atoms with Gasteiger partial charge in [0, 0.05) is 0 Å². The van der Waals surface area contributed by atoms with Crippen molar-refractivity contribution in [1.29, 1.82) is 0 Å². The van der Waals surface area contributed by atoms with Crippen LogP contribution in [0.25, 0.3) is 16.7 Å². The largest absolute Gasteiger partial charge is 0.295 e. The molecule has 90 valence electrons. The van der Waals surface area contributed by atoms with Crippen LogP contribution in [0.15, 0.2) is 60.7 Å². The van der Waals surface area contributed by atoms with Crippen LogP contribution >= 0.6 is 0 Å². The Morgan fingerprint density at radius 2 is 1.50 bits per heavy atom. The first-order valence-corrected chi connectivity index (χ1v) is 6.02. The Morgan fingerprint density at radius 3 is 2.17 bits per heavy atom. The Morgan fingerprint density at radius 1 is 0.889 bits per heavy atom. The summed E-state index contributed by atoms with van der Waals surface area (Å²) in [5, 5.41) is 0. The van der Waals surface area contributed by atoms with Crippen molar-refractivity contribution in [3.05, 3.63) is 66.2 Å². The Bertz CT molecular complexity index is 580. The van der Waals surface area contributed by atoms with Gasteiger partial charge in [-0.1, -0.05) is 54.6 Å². The molecule has 0 heterocycles. The number of carbonyl (C=O) groups is 1. The van der Waals surface area contributed by atoms with E-state index in [1.807, 2.05) is 37.3 Å². The van der Waals surface area contributed by atoms with Crippen LogP contribution in [-0.2, 0) is 4.79 Å². The Balaban J connectivity index is 2.54. The molecule has 0 saturated carbocycles. The predicted molar refractivity (Wildman–Crippen MR) is 76.2 cm³/mol. The van der Waals surface area contributed by atoms with E-state index in [9.17, 15) is 4.79 Å². The maximum Gasteiger partial charge on any atom is 0.152 e. The molecule has 0 aromatic heterocycles. The zero-order chi connectivity index (χ0) is 13.0. The maximum absolute atomic E-state index is 11.2. The highest BCUT2D eigenvalue weighted by molar-refractivity contribution is 5.96. The number of ketones is 1. The zero-order valence-corrected chi connectivity index (χ0v) is 10.7. The molecule has 0 N–H and O–H groups in total. The molecule has 0 radical (unpaired) electrons. The minimum absolute atomic E-state index is 0.0790. The van der Waals surface area contributed by atoms with E-state index >= 15 is 0 Å². The van der Waals surface area contributed by atoms with Crippen molar-refractivity contribution in [2.24, 2.45) is 0 Å². The molecule has 0 spiro atoms. The molecular formula is C17H16O. The molecule has 18 heavy (non-hydrogen) atoms. The van der Waals surface area contributed by atoms with Gasteiger partial charge in [0.1, 0.15) is 0 Å².